The second kappa shape index (κ2) is 5.06. The molecule has 7 heteroatoms. The molecule has 0 aliphatic heterocycles. The number of aromatic nitrogens is 5. The van der Waals surface area contributed by atoms with Crippen LogP contribution in [0.15, 0.2) is 42.5 Å². The van der Waals surface area contributed by atoms with Crippen LogP contribution in [-0.2, 0) is 0 Å². The maximum absolute atomic E-state index is 9.18. The van der Waals surface area contributed by atoms with Crippen molar-refractivity contribution in [2.24, 2.45) is 0 Å². The zero-order valence-electron chi connectivity index (χ0n) is 13.1. The molecule has 0 aliphatic rings. The largest absolute Gasteiger partial charge is 0.253 e. The molecule has 3 aromatic heterocycles. The van der Waals surface area contributed by atoms with Gasteiger partial charge in [-0.25, -0.2) is 9.67 Å². The van der Waals surface area contributed by atoms with Gasteiger partial charge >= 0.3 is 0 Å². The molecule has 0 amide bonds. The van der Waals surface area contributed by atoms with E-state index in [1.54, 1.807) is 0 Å². The molecule has 2 aromatic carbocycles. The van der Waals surface area contributed by atoms with Crippen LogP contribution in [0.25, 0.3) is 37.8 Å². The van der Waals surface area contributed by atoms with Gasteiger partial charge in [0.1, 0.15) is 17.1 Å². The minimum Gasteiger partial charge on any atom is -0.253 e. The number of hydrogen-bond acceptors (Lipinski definition) is 6. The third kappa shape index (κ3) is 2.01. The summed E-state index contributed by atoms with van der Waals surface area (Å²) in [7, 11) is 0. The number of thiazole rings is 1. The SMILES string of the molecule is Cc1cc(-n2nnc3ccc4nc(C#N)sc4c32)c2ccccc2n1. The highest BCUT2D eigenvalue weighted by Gasteiger charge is 2.16. The average Bonchev–Trinajstić information content (AvgIpc) is 3.24. The molecule has 118 valence electrons. The van der Waals surface area contributed by atoms with Crippen LogP contribution in [-0.4, -0.2) is 25.0 Å². The lowest BCUT2D eigenvalue weighted by Crippen LogP contribution is -2.00. The fraction of sp³-hybridized carbons (Fsp3) is 0.0556. The van der Waals surface area contributed by atoms with Gasteiger partial charge < -0.3 is 0 Å². The van der Waals surface area contributed by atoms with Crippen molar-refractivity contribution in [3.8, 4) is 11.8 Å². The Morgan fingerprint density at radius 2 is 1.88 bits per heavy atom. The number of pyridine rings is 1. The molecule has 0 saturated carbocycles. The normalized spacial score (nSPS) is 11.4. The van der Waals surface area contributed by atoms with Gasteiger partial charge in [0.05, 0.1) is 21.4 Å². The smallest absolute Gasteiger partial charge is 0.195 e. The van der Waals surface area contributed by atoms with Crippen molar-refractivity contribution in [2.75, 3.05) is 0 Å². The first-order valence-corrected chi connectivity index (χ1v) is 8.48. The summed E-state index contributed by atoms with van der Waals surface area (Å²) in [6.45, 7) is 1.96. The van der Waals surface area contributed by atoms with Crippen LogP contribution >= 0.6 is 11.3 Å². The fourth-order valence-corrected chi connectivity index (χ4v) is 3.96. The first-order chi connectivity index (χ1) is 12.2. The van der Waals surface area contributed by atoms with Crippen molar-refractivity contribution in [1.29, 1.82) is 5.26 Å². The molecule has 0 N–H and O–H groups in total. The molecule has 0 bridgehead atoms. The topological polar surface area (TPSA) is 80.3 Å². The van der Waals surface area contributed by atoms with Crippen LogP contribution in [0.1, 0.15) is 10.7 Å². The van der Waals surface area contributed by atoms with E-state index in [9.17, 15) is 5.26 Å². The van der Waals surface area contributed by atoms with Gasteiger partial charge in [0.25, 0.3) is 0 Å². The van der Waals surface area contributed by atoms with E-state index in [0.29, 0.717) is 5.01 Å². The van der Waals surface area contributed by atoms with Crippen molar-refractivity contribution >= 4 is 43.5 Å². The van der Waals surface area contributed by atoms with E-state index in [1.165, 1.54) is 11.3 Å². The first-order valence-electron chi connectivity index (χ1n) is 7.66. The summed E-state index contributed by atoms with van der Waals surface area (Å²) in [6.07, 6.45) is 0. The summed E-state index contributed by atoms with van der Waals surface area (Å²) >= 11 is 1.36. The number of aryl methyl sites for hydroxylation is 1. The number of benzene rings is 2. The second-order valence-electron chi connectivity index (χ2n) is 5.71. The highest BCUT2D eigenvalue weighted by Crippen LogP contribution is 2.32. The molecule has 6 nitrogen and oxygen atoms in total. The first kappa shape index (κ1) is 14.0. The van der Waals surface area contributed by atoms with Gasteiger partial charge in [-0.05, 0) is 31.2 Å². The Labute approximate surface area is 146 Å². The summed E-state index contributed by atoms with van der Waals surface area (Å²) in [5.74, 6) is 0. The van der Waals surface area contributed by atoms with E-state index in [1.807, 2.05) is 54.1 Å². The number of nitrogens with zero attached hydrogens (tertiary/aromatic N) is 6. The minimum absolute atomic E-state index is 0.436. The lowest BCUT2D eigenvalue weighted by molar-refractivity contribution is 0.828. The minimum atomic E-state index is 0.436. The Morgan fingerprint density at radius 1 is 1.04 bits per heavy atom. The van der Waals surface area contributed by atoms with Crippen LogP contribution in [0.5, 0.6) is 0 Å². The molecule has 5 aromatic rings. The molecule has 0 atom stereocenters. The van der Waals surface area contributed by atoms with Crippen molar-refractivity contribution < 1.29 is 0 Å². The fourth-order valence-electron chi connectivity index (χ4n) is 3.07. The zero-order chi connectivity index (χ0) is 17.0. The lowest BCUT2D eigenvalue weighted by atomic mass is 10.1. The predicted molar refractivity (Wildman–Crippen MR) is 96.8 cm³/mol. The average molecular weight is 342 g/mol. The standard InChI is InChI=1S/C18H10N6S/c1-10-8-15(11-4-2-3-5-12(11)20-10)24-17-13(22-23-24)6-7-14-18(17)25-16(9-19)21-14/h2-8H,1H3. The molecular weight excluding hydrogens is 332 g/mol. The summed E-state index contributed by atoms with van der Waals surface area (Å²) in [4.78, 5) is 8.94. The highest BCUT2D eigenvalue weighted by molar-refractivity contribution is 7.20. The van der Waals surface area contributed by atoms with E-state index in [0.717, 1.165) is 43.5 Å². The van der Waals surface area contributed by atoms with Gasteiger partial charge in [0, 0.05) is 11.1 Å². The molecule has 0 fully saturated rings. The molecular formula is C18H10N6S. The number of fused-ring (bicyclic) bond motifs is 4. The Morgan fingerprint density at radius 3 is 2.76 bits per heavy atom. The Kier molecular flexibility index (Phi) is 2.84. The maximum atomic E-state index is 9.18. The van der Waals surface area contributed by atoms with Crippen LogP contribution in [0.2, 0.25) is 0 Å². The molecule has 5 rings (SSSR count). The third-order valence-electron chi connectivity index (χ3n) is 4.11. The Bertz CT molecular complexity index is 1320. The number of rotatable bonds is 1. The Balaban J connectivity index is 1.94. The van der Waals surface area contributed by atoms with Crippen molar-refractivity contribution in [2.45, 2.75) is 6.92 Å². The van der Waals surface area contributed by atoms with E-state index in [-0.39, 0.29) is 0 Å². The van der Waals surface area contributed by atoms with Gasteiger partial charge in [-0.3, -0.25) is 4.98 Å². The molecule has 0 radical (unpaired) electrons. The molecule has 0 spiro atoms. The molecule has 0 saturated heterocycles. The van der Waals surface area contributed by atoms with Gasteiger partial charge in [0.2, 0.25) is 0 Å². The lowest BCUT2D eigenvalue weighted by Gasteiger charge is -2.08. The van der Waals surface area contributed by atoms with Gasteiger partial charge in [-0.15, -0.1) is 16.4 Å². The number of para-hydroxylation sites is 1. The van der Waals surface area contributed by atoms with Crippen LogP contribution in [0.4, 0.5) is 0 Å². The summed E-state index contributed by atoms with van der Waals surface area (Å²) in [6, 6.07) is 15.9. The number of nitriles is 1. The van der Waals surface area contributed by atoms with Crippen LogP contribution < -0.4 is 0 Å². The van der Waals surface area contributed by atoms with Gasteiger partial charge in [-0.2, -0.15) is 5.26 Å². The molecule has 0 aliphatic carbocycles. The summed E-state index contributed by atoms with van der Waals surface area (Å²) < 4.78 is 2.74. The maximum Gasteiger partial charge on any atom is 0.195 e. The van der Waals surface area contributed by atoms with E-state index >= 15 is 0 Å². The zero-order valence-corrected chi connectivity index (χ0v) is 13.9. The van der Waals surface area contributed by atoms with Crippen molar-refractivity contribution in [3.05, 3.63) is 53.2 Å². The van der Waals surface area contributed by atoms with Crippen molar-refractivity contribution in [3.63, 3.8) is 0 Å². The van der Waals surface area contributed by atoms with E-state index in [4.69, 9.17) is 0 Å². The highest BCUT2D eigenvalue weighted by atomic mass is 32.1. The molecule has 0 unspecified atom stereocenters. The predicted octanol–water partition coefficient (Wildman–Crippen LogP) is 3.76. The van der Waals surface area contributed by atoms with Gasteiger partial charge in [-0.1, -0.05) is 23.4 Å². The quantitative estimate of drug-likeness (QED) is 0.463. The van der Waals surface area contributed by atoms with Gasteiger partial charge in [0.15, 0.2) is 5.01 Å². The van der Waals surface area contributed by atoms with E-state index in [2.05, 4.69) is 26.3 Å². The van der Waals surface area contributed by atoms with Crippen LogP contribution in [0, 0.1) is 18.3 Å². The van der Waals surface area contributed by atoms with E-state index < -0.39 is 0 Å². The third-order valence-corrected chi connectivity index (χ3v) is 5.09. The van der Waals surface area contributed by atoms with Crippen LogP contribution in [0.3, 0.4) is 0 Å². The van der Waals surface area contributed by atoms with Crippen molar-refractivity contribution in [1.82, 2.24) is 25.0 Å². The molecule has 25 heavy (non-hydrogen) atoms. The summed E-state index contributed by atoms with van der Waals surface area (Å²) in [5.41, 5.74) is 5.17. The second-order valence-corrected chi connectivity index (χ2v) is 6.71. The monoisotopic (exact) mass is 342 g/mol. The summed E-state index contributed by atoms with van der Waals surface area (Å²) in [5, 5.41) is 19.3. The molecule has 3 heterocycles. The Hall–Kier alpha value is -3.37. The number of hydrogen-bond donors (Lipinski definition) is 0.